The molecule has 0 aliphatic carbocycles. The molecule has 1 aliphatic heterocycles. The molecule has 1 aromatic rings. The third-order valence-corrected chi connectivity index (χ3v) is 4.68. The molecule has 5 heteroatoms. The van der Waals surface area contributed by atoms with Crippen LogP contribution >= 0.6 is 0 Å². The summed E-state index contributed by atoms with van der Waals surface area (Å²) in [4.78, 5) is 9.52. The number of likely N-dealkylation sites (N-methyl/N-ethyl adjacent to an activating group) is 1. The number of hydrogen-bond acceptors (Lipinski definition) is 3. The lowest BCUT2D eigenvalue weighted by Gasteiger charge is -2.33. The summed E-state index contributed by atoms with van der Waals surface area (Å²) < 4.78 is 0. The van der Waals surface area contributed by atoms with Gasteiger partial charge in [-0.05, 0) is 50.0 Å². The minimum atomic E-state index is 0.514. The van der Waals surface area contributed by atoms with Crippen molar-refractivity contribution < 1.29 is 0 Å². The lowest BCUT2D eigenvalue weighted by atomic mass is 10.1. The minimum Gasteiger partial charge on any atom is -0.370 e. The number of guanidine groups is 1. The molecule has 3 N–H and O–H groups in total. The molecule has 0 unspecified atom stereocenters. The van der Waals surface area contributed by atoms with Crippen LogP contribution in [0.4, 0.5) is 5.69 Å². The molecule has 1 aliphatic rings. The molecule has 0 amide bonds. The van der Waals surface area contributed by atoms with Gasteiger partial charge in [0.05, 0.1) is 0 Å². The molecule has 24 heavy (non-hydrogen) atoms. The van der Waals surface area contributed by atoms with E-state index in [2.05, 4.69) is 46.1 Å². The number of aliphatic imine (C=N–C) groups is 1. The molecule has 1 fully saturated rings. The highest BCUT2D eigenvalue weighted by atomic mass is 15.3. The summed E-state index contributed by atoms with van der Waals surface area (Å²) in [5, 5.41) is 3.18. The topological polar surface area (TPSA) is 56.9 Å². The Balaban J connectivity index is 1.61. The van der Waals surface area contributed by atoms with E-state index in [0.717, 1.165) is 25.1 Å². The summed E-state index contributed by atoms with van der Waals surface area (Å²) in [6, 6.07) is 8.32. The van der Waals surface area contributed by atoms with Gasteiger partial charge in [-0.3, -0.25) is 4.99 Å². The summed E-state index contributed by atoms with van der Waals surface area (Å²) in [6.45, 7) is 12.4. The van der Waals surface area contributed by atoms with Crippen LogP contribution in [0.5, 0.6) is 0 Å². The number of nitrogens with zero attached hydrogens (tertiary/aromatic N) is 3. The lowest BCUT2D eigenvalue weighted by molar-refractivity contribution is 0.136. The van der Waals surface area contributed by atoms with Gasteiger partial charge in [-0.1, -0.05) is 26.0 Å². The zero-order chi connectivity index (χ0) is 17.2. The van der Waals surface area contributed by atoms with Gasteiger partial charge in [-0.15, -0.1) is 0 Å². The smallest absolute Gasteiger partial charge is 0.193 e. The largest absolute Gasteiger partial charge is 0.370 e. The maximum atomic E-state index is 5.98. The van der Waals surface area contributed by atoms with Crippen molar-refractivity contribution in [2.24, 2.45) is 10.7 Å². The first-order valence-electron chi connectivity index (χ1n) is 9.32. The molecule has 2 rings (SSSR count). The van der Waals surface area contributed by atoms with Gasteiger partial charge in [0, 0.05) is 38.4 Å². The molecule has 5 nitrogen and oxygen atoms in total. The van der Waals surface area contributed by atoms with E-state index in [1.54, 1.807) is 0 Å². The molecule has 1 saturated heterocycles. The number of unbranched alkanes of at least 4 members (excludes halogenated alkanes) is 1. The summed E-state index contributed by atoms with van der Waals surface area (Å²) in [6.07, 6.45) is 3.30. The van der Waals surface area contributed by atoms with Crippen LogP contribution < -0.4 is 11.1 Å². The normalized spacial score (nSPS) is 17.2. The Morgan fingerprint density at radius 1 is 1.12 bits per heavy atom. The van der Waals surface area contributed by atoms with Gasteiger partial charge in [-0.2, -0.15) is 0 Å². The molecule has 0 bridgehead atoms. The second-order valence-corrected chi connectivity index (χ2v) is 6.43. The number of nitrogens with one attached hydrogen (secondary N) is 1. The average molecular weight is 332 g/mol. The van der Waals surface area contributed by atoms with Crippen molar-refractivity contribution in [3.05, 3.63) is 29.8 Å². The Morgan fingerprint density at radius 2 is 1.88 bits per heavy atom. The number of nitrogens with two attached hydrogens (primary N) is 1. The molecule has 0 radical (unpaired) electrons. The van der Waals surface area contributed by atoms with Crippen LogP contribution in [0.1, 0.15) is 32.3 Å². The lowest BCUT2D eigenvalue weighted by Crippen LogP contribution is -2.46. The molecule has 0 saturated carbocycles. The first kappa shape index (κ1) is 18.7. The maximum absolute atomic E-state index is 5.98. The fraction of sp³-hybridized carbons (Fsp3) is 0.632. The quantitative estimate of drug-likeness (QED) is 0.436. The third-order valence-electron chi connectivity index (χ3n) is 4.68. The number of piperazine rings is 1. The first-order valence-corrected chi connectivity index (χ1v) is 9.32. The van der Waals surface area contributed by atoms with E-state index < -0.39 is 0 Å². The van der Waals surface area contributed by atoms with E-state index >= 15 is 0 Å². The fourth-order valence-corrected chi connectivity index (χ4v) is 3.03. The Kier molecular flexibility index (Phi) is 8.05. The van der Waals surface area contributed by atoms with E-state index in [1.165, 1.54) is 51.3 Å². The minimum absolute atomic E-state index is 0.514. The Bertz CT molecular complexity index is 506. The van der Waals surface area contributed by atoms with Gasteiger partial charge >= 0.3 is 0 Å². The van der Waals surface area contributed by atoms with Crippen molar-refractivity contribution in [3.8, 4) is 0 Å². The molecular weight excluding hydrogens is 298 g/mol. The van der Waals surface area contributed by atoms with Crippen molar-refractivity contribution in [2.45, 2.75) is 33.1 Å². The van der Waals surface area contributed by atoms with E-state index in [1.807, 2.05) is 12.1 Å². The van der Waals surface area contributed by atoms with Crippen LogP contribution in [0.25, 0.3) is 0 Å². The van der Waals surface area contributed by atoms with Crippen LogP contribution in [0.3, 0.4) is 0 Å². The van der Waals surface area contributed by atoms with Crippen molar-refractivity contribution in [2.75, 3.05) is 51.1 Å². The van der Waals surface area contributed by atoms with Crippen molar-refractivity contribution >= 4 is 11.6 Å². The second-order valence-electron chi connectivity index (χ2n) is 6.43. The molecule has 1 heterocycles. The first-order chi connectivity index (χ1) is 11.7. The molecule has 0 atom stereocenters. The SMILES string of the molecule is CCc1cccc(NC(N)=NCCCCN2CCN(CC)CC2)c1. The highest BCUT2D eigenvalue weighted by Crippen LogP contribution is 2.10. The molecule has 134 valence electrons. The van der Waals surface area contributed by atoms with Crippen LogP contribution in [-0.4, -0.2) is 61.6 Å². The molecule has 0 spiro atoms. The third kappa shape index (κ3) is 6.49. The summed E-state index contributed by atoms with van der Waals surface area (Å²) in [7, 11) is 0. The molecule has 0 aromatic heterocycles. The van der Waals surface area contributed by atoms with Crippen LogP contribution in [0.15, 0.2) is 29.3 Å². The zero-order valence-electron chi connectivity index (χ0n) is 15.3. The van der Waals surface area contributed by atoms with Gasteiger partial charge in [0.1, 0.15) is 0 Å². The summed E-state index contributed by atoms with van der Waals surface area (Å²) in [5.41, 5.74) is 8.30. The number of rotatable bonds is 8. The van der Waals surface area contributed by atoms with E-state index in [9.17, 15) is 0 Å². The fourth-order valence-electron chi connectivity index (χ4n) is 3.03. The highest BCUT2D eigenvalue weighted by Gasteiger charge is 2.14. The maximum Gasteiger partial charge on any atom is 0.193 e. The van der Waals surface area contributed by atoms with E-state index in [-0.39, 0.29) is 0 Å². The number of benzene rings is 1. The summed E-state index contributed by atoms with van der Waals surface area (Å²) >= 11 is 0. The number of anilines is 1. The van der Waals surface area contributed by atoms with Gasteiger partial charge in [0.15, 0.2) is 5.96 Å². The van der Waals surface area contributed by atoms with Crippen molar-refractivity contribution in [1.82, 2.24) is 9.80 Å². The zero-order valence-corrected chi connectivity index (χ0v) is 15.3. The van der Waals surface area contributed by atoms with E-state index in [0.29, 0.717) is 5.96 Å². The Morgan fingerprint density at radius 3 is 2.58 bits per heavy atom. The van der Waals surface area contributed by atoms with Gasteiger partial charge < -0.3 is 20.9 Å². The van der Waals surface area contributed by atoms with Gasteiger partial charge in [0.2, 0.25) is 0 Å². The number of aryl methyl sites for hydroxylation is 1. The number of hydrogen-bond donors (Lipinski definition) is 2. The van der Waals surface area contributed by atoms with Crippen LogP contribution in [0, 0.1) is 0 Å². The average Bonchev–Trinajstić information content (AvgIpc) is 2.62. The molecular formula is C19H33N5. The Hall–Kier alpha value is -1.59. The molecule has 1 aromatic carbocycles. The monoisotopic (exact) mass is 331 g/mol. The predicted octanol–water partition coefficient (Wildman–Crippen LogP) is 2.39. The van der Waals surface area contributed by atoms with Crippen LogP contribution in [-0.2, 0) is 6.42 Å². The predicted molar refractivity (Wildman–Crippen MR) is 104 cm³/mol. The van der Waals surface area contributed by atoms with E-state index in [4.69, 9.17) is 5.73 Å². The van der Waals surface area contributed by atoms with Crippen molar-refractivity contribution in [3.63, 3.8) is 0 Å². The summed E-state index contributed by atoms with van der Waals surface area (Å²) in [5.74, 6) is 0.514. The van der Waals surface area contributed by atoms with Gasteiger partial charge in [-0.25, -0.2) is 0 Å². The highest BCUT2D eigenvalue weighted by molar-refractivity contribution is 5.92. The standard InChI is InChI=1S/C19H33N5/c1-3-17-8-7-9-18(16-17)22-19(20)21-10-5-6-11-24-14-12-23(4-2)13-15-24/h7-9,16H,3-6,10-15H2,1-2H3,(H3,20,21,22). The Labute approximate surface area is 146 Å². The van der Waals surface area contributed by atoms with Crippen LogP contribution in [0.2, 0.25) is 0 Å². The van der Waals surface area contributed by atoms with Gasteiger partial charge in [0.25, 0.3) is 0 Å². The second kappa shape index (κ2) is 10.3. The van der Waals surface area contributed by atoms with Crippen molar-refractivity contribution in [1.29, 1.82) is 0 Å².